The van der Waals surface area contributed by atoms with Crippen LogP contribution in [0.25, 0.3) is 10.8 Å². The predicted molar refractivity (Wildman–Crippen MR) is 102 cm³/mol. The Morgan fingerprint density at radius 3 is 2.85 bits per heavy atom. The Morgan fingerprint density at radius 1 is 1.26 bits per heavy atom. The summed E-state index contributed by atoms with van der Waals surface area (Å²) in [6.07, 6.45) is 1.65. The third-order valence-corrected chi connectivity index (χ3v) is 4.94. The number of amides is 1. The van der Waals surface area contributed by atoms with Gasteiger partial charge in [-0.2, -0.15) is 0 Å². The molecule has 27 heavy (non-hydrogen) atoms. The van der Waals surface area contributed by atoms with Gasteiger partial charge >= 0.3 is 0 Å². The van der Waals surface area contributed by atoms with E-state index in [4.69, 9.17) is 13.9 Å². The molecular weight excluding hydrogens is 366 g/mol. The molecule has 8 heteroatoms. The summed E-state index contributed by atoms with van der Waals surface area (Å²) in [5.74, 6) is 1.77. The fourth-order valence-electron chi connectivity index (χ4n) is 2.43. The van der Waals surface area contributed by atoms with E-state index in [2.05, 4.69) is 15.3 Å². The molecular formula is C19H21N3O4S. The van der Waals surface area contributed by atoms with Crippen LogP contribution in [-0.4, -0.2) is 36.2 Å². The van der Waals surface area contributed by atoms with E-state index >= 15 is 0 Å². The third kappa shape index (κ3) is 4.72. The molecule has 0 fully saturated rings. The highest BCUT2D eigenvalue weighted by atomic mass is 32.1. The van der Waals surface area contributed by atoms with Crippen LogP contribution in [0.5, 0.6) is 5.88 Å². The molecule has 0 bridgehead atoms. The minimum atomic E-state index is -0.189. The number of carbonyl (C=O) groups excluding carboxylic acids is 1. The molecule has 1 amide bonds. The number of nitrogens with zero attached hydrogens (tertiary/aromatic N) is 2. The lowest BCUT2D eigenvalue weighted by Crippen LogP contribution is -2.23. The van der Waals surface area contributed by atoms with Crippen molar-refractivity contribution >= 4 is 17.2 Å². The van der Waals surface area contributed by atoms with E-state index in [1.54, 1.807) is 19.4 Å². The highest BCUT2D eigenvalue weighted by molar-refractivity contribution is 7.17. The molecule has 0 aliphatic carbocycles. The van der Waals surface area contributed by atoms with Crippen molar-refractivity contribution in [2.24, 2.45) is 0 Å². The van der Waals surface area contributed by atoms with Crippen LogP contribution in [0.4, 0.5) is 0 Å². The number of aryl methyl sites for hydroxylation is 2. The van der Waals surface area contributed by atoms with Crippen molar-refractivity contribution in [2.75, 3.05) is 20.3 Å². The van der Waals surface area contributed by atoms with Crippen molar-refractivity contribution in [3.05, 3.63) is 52.4 Å². The molecule has 0 aliphatic rings. The molecule has 0 saturated carbocycles. The van der Waals surface area contributed by atoms with Crippen molar-refractivity contribution in [1.29, 1.82) is 0 Å². The van der Waals surface area contributed by atoms with Gasteiger partial charge in [-0.3, -0.25) is 4.79 Å². The lowest BCUT2D eigenvalue weighted by Gasteiger charge is -2.10. The van der Waals surface area contributed by atoms with Crippen LogP contribution >= 0.6 is 11.3 Å². The Hall–Kier alpha value is -2.71. The van der Waals surface area contributed by atoms with E-state index in [-0.39, 0.29) is 5.91 Å². The Kier molecular flexibility index (Phi) is 6.20. The van der Waals surface area contributed by atoms with Gasteiger partial charge < -0.3 is 19.2 Å². The SMILES string of the molecule is COCCOc1ncccc1CNC(=O)c1sc(-c2ccc(C)o2)nc1C. The fourth-order valence-corrected chi connectivity index (χ4v) is 3.37. The molecule has 1 N–H and O–H groups in total. The van der Waals surface area contributed by atoms with Crippen LogP contribution < -0.4 is 10.1 Å². The second kappa shape index (κ2) is 8.79. The first-order valence-corrected chi connectivity index (χ1v) is 9.28. The lowest BCUT2D eigenvalue weighted by atomic mass is 10.2. The van der Waals surface area contributed by atoms with Gasteiger partial charge in [0.05, 0.1) is 12.3 Å². The zero-order valence-corrected chi connectivity index (χ0v) is 16.3. The predicted octanol–water partition coefficient (Wildman–Crippen LogP) is 3.37. The number of thiazole rings is 1. The molecule has 0 aliphatic heterocycles. The van der Waals surface area contributed by atoms with Crippen molar-refractivity contribution < 1.29 is 18.7 Å². The summed E-state index contributed by atoms with van der Waals surface area (Å²) in [4.78, 5) is 21.8. The molecule has 0 spiro atoms. The maximum atomic E-state index is 12.6. The number of hydrogen-bond acceptors (Lipinski definition) is 7. The molecule has 7 nitrogen and oxygen atoms in total. The maximum absolute atomic E-state index is 12.6. The molecule has 3 heterocycles. The summed E-state index contributed by atoms with van der Waals surface area (Å²) >= 11 is 1.31. The molecule has 0 atom stereocenters. The molecule has 0 saturated heterocycles. The van der Waals surface area contributed by atoms with Gasteiger partial charge in [0.1, 0.15) is 17.2 Å². The van der Waals surface area contributed by atoms with Crippen molar-refractivity contribution in [3.8, 4) is 16.6 Å². The maximum Gasteiger partial charge on any atom is 0.263 e. The molecule has 3 aromatic heterocycles. The first-order chi connectivity index (χ1) is 13.1. The van der Waals surface area contributed by atoms with Gasteiger partial charge in [-0.25, -0.2) is 9.97 Å². The second-order valence-corrected chi connectivity index (χ2v) is 6.83. The van der Waals surface area contributed by atoms with E-state index in [0.717, 1.165) is 11.3 Å². The summed E-state index contributed by atoms with van der Waals surface area (Å²) in [6.45, 7) is 4.86. The minimum absolute atomic E-state index is 0.189. The number of ether oxygens (including phenoxy) is 2. The van der Waals surface area contributed by atoms with E-state index < -0.39 is 0 Å². The average molecular weight is 387 g/mol. The fraction of sp³-hybridized carbons (Fsp3) is 0.316. The number of furan rings is 1. The Bertz CT molecular complexity index is 919. The zero-order valence-electron chi connectivity index (χ0n) is 15.4. The van der Waals surface area contributed by atoms with Crippen LogP contribution in [0.15, 0.2) is 34.9 Å². The van der Waals surface area contributed by atoms with Gasteiger partial charge in [-0.15, -0.1) is 11.3 Å². The molecule has 142 valence electrons. The molecule has 3 aromatic rings. The number of aromatic nitrogens is 2. The normalized spacial score (nSPS) is 10.8. The Balaban J connectivity index is 1.67. The molecule has 0 unspecified atom stereocenters. The highest BCUT2D eigenvalue weighted by Gasteiger charge is 2.18. The Labute approximate surface area is 161 Å². The summed E-state index contributed by atoms with van der Waals surface area (Å²) in [7, 11) is 1.61. The van der Waals surface area contributed by atoms with E-state index in [1.807, 2.05) is 32.0 Å². The smallest absolute Gasteiger partial charge is 0.263 e. The number of pyridine rings is 1. The first-order valence-electron chi connectivity index (χ1n) is 8.46. The standard InChI is InChI=1S/C19H21N3O4S/c1-12-6-7-15(26-12)19-22-13(2)16(27-19)17(23)21-11-14-5-4-8-20-18(14)25-10-9-24-3/h4-8H,9-11H2,1-3H3,(H,21,23). The van der Waals surface area contributed by atoms with Gasteiger partial charge in [0.2, 0.25) is 5.88 Å². The summed E-state index contributed by atoms with van der Waals surface area (Å²) in [6, 6.07) is 7.40. The summed E-state index contributed by atoms with van der Waals surface area (Å²) in [5.41, 5.74) is 1.47. The highest BCUT2D eigenvalue weighted by Crippen LogP contribution is 2.29. The van der Waals surface area contributed by atoms with Gasteiger partial charge in [0, 0.05) is 25.4 Å². The molecule has 0 radical (unpaired) electrons. The van der Waals surface area contributed by atoms with Gasteiger partial charge in [0.15, 0.2) is 10.8 Å². The van der Waals surface area contributed by atoms with Crippen molar-refractivity contribution in [3.63, 3.8) is 0 Å². The quantitative estimate of drug-likeness (QED) is 0.597. The van der Waals surface area contributed by atoms with Gasteiger partial charge in [0.25, 0.3) is 5.91 Å². The Morgan fingerprint density at radius 2 is 2.11 bits per heavy atom. The van der Waals surface area contributed by atoms with Gasteiger partial charge in [-0.05, 0) is 32.0 Å². The largest absolute Gasteiger partial charge is 0.475 e. The van der Waals surface area contributed by atoms with Crippen molar-refractivity contribution in [2.45, 2.75) is 20.4 Å². The van der Waals surface area contributed by atoms with Crippen LogP contribution in [0.2, 0.25) is 0 Å². The van der Waals surface area contributed by atoms with E-state index in [0.29, 0.717) is 47.0 Å². The topological polar surface area (TPSA) is 86.5 Å². The zero-order chi connectivity index (χ0) is 19.2. The van der Waals surface area contributed by atoms with Crippen LogP contribution in [-0.2, 0) is 11.3 Å². The average Bonchev–Trinajstić information content (AvgIpc) is 3.26. The molecule has 0 aromatic carbocycles. The molecule has 3 rings (SSSR count). The van der Waals surface area contributed by atoms with Crippen molar-refractivity contribution in [1.82, 2.24) is 15.3 Å². The minimum Gasteiger partial charge on any atom is -0.475 e. The van der Waals surface area contributed by atoms with Crippen LogP contribution in [0.1, 0.15) is 26.7 Å². The summed E-state index contributed by atoms with van der Waals surface area (Å²) < 4.78 is 16.2. The van der Waals surface area contributed by atoms with Crippen LogP contribution in [0, 0.1) is 13.8 Å². The number of nitrogens with one attached hydrogen (secondary N) is 1. The van der Waals surface area contributed by atoms with E-state index in [1.165, 1.54) is 11.3 Å². The monoisotopic (exact) mass is 387 g/mol. The number of carbonyl (C=O) groups is 1. The van der Waals surface area contributed by atoms with E-state index in [9.17, 15) is 4.79 Å². The second-order valence-electron chi connectivity index (χ2n) is 5.84. The number of rotatable bonds is 8. The summed E-state index contributed by atoms with van der Waals surface area (Å²) in [5, 5.41) is 3.60. The first kappa shape index (κ1) is 19.1. The number of methoxy groups -OCH3 is 1. The third-order valence-electron chi connectivity index (χ3n) is 3.77. The van der Waals surface area contributed by atoms with Crippen LogP contribution in [0.3, 0.4) is 0 Å². The van der Waals surface area contributed by atoms with Gasteiger partial charge in [-0.1, -0.05) is 6.07 Å². The number of hydrogen-bond donors (Lipinski definition) is 1. The lowest BCUT2D eigenvalue weighted by molar-refractivity contribution is 0.0953.